The number of fused-ring (bicyclic) bond motifs is 1. The maximum atomic E-state index is 13.3. The number of hydrogen-bond donors (Lipinski definition) is 1. The van der Waals surface area contributed by atoms with E-state index in [2.05, 4.69) is 25.0 Å². The molecule has 1 aromatic carbocycles. The van der Waals surface area contributed by atoms with Crippen LogP contribution in [0.3, 0.4) is 0 Å². The first-order valence-electron chi connectivity index (χ1n) is 13.4. The van der Waals surface area contributed by atoms with Crippen molar-refractivity contribution in [2.45, 2.75) is 77.4 Å². The lowest BCUT2D eigenvalue weighted by molar-refractivity contribution is -0.140. The average Bonchev–Trinajstić information content (AvgIpc) is 3.57. The minimum Gasteiger partial charge on any atom is -0.469 e. The van der Waals surface area contributed by atoms with E-state index < -0.39 is 11.7 Å². The maximum Gasteiger partial charge on any atom is 0.416 e. The molecule has 0 radical (unpaired) electrons. The molecule has 0 spiro atoms. The summed E-state index contributed by atoms with van der Waals surface area (Å²) in [5, 5.41) is 2.87. The van der Waals surface area contributed by atoms with Gasteiger partial charge in [-0.25, -0.2) is 19.7 Å². The van der Waals surface area contributed by atoms with Crippen LogP contribution in [0.1, 0.15) is 64.7 Å². The van der Waals surface area contributed by atoms with Crippen LogP contribution in [-0.4, -0.2) is 62.8 Å². The zero-order chi connectivity index (χ0) is 28.7. The predicted molar refractivity (Wildman–Crippen MR) is 146 cm³/mol. The van der Waals surface area contributed by atoms with Gasteiger partial charge in [0.15, 0.2) is 17.0 Å². The van der Waals surface area contributed by atoms with Crippen LogP contribution in [0.4, 0.5) is 10.6 Å². The average molecular weight is 553 g/mol. The number of aromatic nitrogens is 4. The van der Waals surface area contributed by atoms with E-state index >= 15 is 0 Å². The molecular formula is C28H36N6O6. The van der Waals surface area contributed by atoms with Crippen LogP contribution in [0.25, 0.3) is 11.2 Å². The van der Waals surface area contributed by atoms with E-state index in [1.54, 1.807) is 6.33 Å². The number of amides is 2. The normalized spacial score (nSPS) is 17.0. The number of methoxy groups -OCH3 is 1. The Balaban J connectivity index is 1.46. The molecule has 2 unspecified atom stereocenters. The number of benzene rings is 1. The summed E-state index contributed by atoms with van der Waals surface area (Å²) in [7, 11) is 1.33. The van der Waals surface area contributed by atoms with Crippen LogP contribution in [-0.2, 0) is 30.3 Å². The molecule has 2 atom stereocenters. The van der Waals surface area contributed by atoms with Gasteiger partial charge >= 0.3 is 12.1 Å². The summed E-state index contributed by atoms with van der Waals surface area (Å²) in [5.41, 5.74) is 1.20. The van der Waals surface area contributed by atoms with Crippen molar-refractivity contribution in [3.05, 3.63) is 48.5 Å². The molecule has 1 aliphatic heterocycles. The predicted octanol–water partition coefficient (Wildman–Crippen LogP) is 3.91. The van der Waals surface area contributed by atoms with Crippen LogP contribution in [0.5, 0.6) is 0 Å². The lowest BCUT2D eigenvalue weighted by atomic mass is 10.2. The Bertz CT molecular complexity index is 1320. The minimum atomic E-state index is -0.693. The third-order valence-corrected chi connectivity index (χ3v) is 6.33. The van der Waals surface area contributed by atoms with Crippen molar-refractivity contribution in [3.8, 4) is 0 Å². The number of nitrogens with zero attached hydrogens (tertiary/aromatic N) is 5. The molecule has 3 heterocycles. The van der Waals surface area contributed by atoms with Crippen molar-refractivity contribution in [2.75, 3.05) is 18.6 Å². The fraction of sp³-hybridized carbons (Fsp3) is 0.500. The first-order chi connectivity index (χ1) is 19.1. The number of carbonyl (C=O) groups is 3. The molecule has 2 amide bonds. The smallest absolute Gasteiger partial charge is 0.416 e. The van der Waals surface area contributed by atoms with Crippen molar-refractivity contribution in [3.63, 3.8) is 0 Å². The molecule has 1 N–H and O–H groups in total. The minimum absolute atomic E-state index is 0.137. The molecular weight excluding hydrogens is 516 g/mol. The van der Waals surface area contributed by atoms with E-state index in [9.17, 15) is 14.4 Å². The first kappa shape index (κ1) is 28.9. The van der Waals surface area contributed by atoms with E-state index in [0.29, 0.717) is 36.4 Å². The topological polar surface area (TPSA) is 138 Å². The zero-order valence-electron chi connectivity index (χ0n) is 23.3. The van der Waals surface area contributed by atoms with Gasteiger partial charge in [0.2, 0.25) is 5.91 Å². The van der Waals surface area contributed by atoms with E-state index in [4.69, 9.17) is 9.47 Å². The molecule has 1 aliphatic rings. The van der Waals surface area contributed by atoms with Crippen molar-refractivity contribution in [1.82, 2.24) is 24.8 Å². The number of nitrogens with one attached hydrogen (secondary N) is 1. The number of imidazole rings is 1. The highest BCUT2D eigenvalue weighted by atomic mass is 16.6. The van der Waals surface area contributed by atoms with Crippen LogP contribution in [0.2, 0.25) is 0 Å². The van der Waals surface area contributed by atoms with Crippen molar-refractivity contribution in [1.29, 1.82) is 0 Å². The third kappa shape index (κ3) is 7.53. The summed E-state index contributed by atoms with van der Waals surface area (Å²) in [5.74, 6) is -0.124. The Morgan fingerprint density at radius 1 is 1.10 bits per heavy atom. The Morgan fingerprint density at radius 3 is 2.60 bits per heavy atom. The quantitative estimate of drug-likeness (QED) is 0.371. The van der Waals surface area contributed by atoms with Crippen molar-refractivity contribution >= 4 is 35.0 Å². The lowest BCUT2D eigenvalue weighted by Gasteiger charge is -2.27. The van der Waals surface area contributed by atoms with Crippen LogP contribution in [0.15, 0.2) is 43.0 Å². The van der Waals surface area contributed by atoms with Gasteiger partial charge in [-0.15, -0.1) is 0 Å². The number of rotatable bonds is 10. The monoisotopic (exact) mass is 552 g/mol. The highest BCUT2D eigenvalue weighted by molar-refractivity contribution is 5.95. The number of esters is 1. The van der Waals surface area contributed by atoms with Gasteiger partial charge in [0.05, 0.1) is 26.1 Å². The summed E-state index contributed by atoms with van der Waals surface area (Å²) in [4.78, 5) is 51.5. The van der Waals surface area contributed by atoms with Gasteiger partial charge in [0, 0.05) is 19.4 Å². The van der Waals surface area contributed by atoms with Crippen molar-refractivity contribution in [2.24, 2.45) is 0 Å². The summed E-state index contributed by atoms with van der Waals surface area (Å²) >= 11 is 0. The second kappa shape index (κ2) is 12.9. The highest BCUT2D eigenvalue weighted by Crippen LogP contribution is 2.32. The fourth-order valence-corrected chi connectivity index (χ4v) is 4.41. The van der Waals surface area contributed by atoms with Gasteiger partial charge in [0.1, 0.15) is 18.2 Å². The molecule has 12 nitrogen and oxygen atoms in total. The maximum absolute atomic E-state index is 13.3. The molecule has 1 fully saturated rings. The van der Waals surface area contributed by atoms with Gasteiger partial charge in [-0.3, -0.25) is 19.1 Å². The lowest BCUT2D eigenvalue weighted by Crippen LogP contribution is -2.37. The molecule has 3 aromatic rings. The number of ether oxygens (including phenoxy) is 3. The van der Waals surface area contributed by atoms with E-state index in [1.807, 2.05) is 55.7 Å². The Hall–Kier alpha value is -4.06. The second-order valence-corrected chi connectivity index (χ2v) is 10.6. The number of hydrogen-bond acceptors (Lipinski definition) is 9. The molecule has 0 bridgehead atoms. The zero-order valence-corrected chi connectivity index (χ0v) is 23.3. The SMILES string of the molecule is COC(=O)CCCC(=O)NCC1CCC(n2cnc3c(N(Cc4ccccc4)C(=O)OC(C)(C)C)ncnc32)O1. The third-order valence-electron chi connectivity index (χ3n) is 6.33. The molecule has 1 saturated heterocycles. The molecule has 0 saturated carbocycles. The summed E-state index contributed by atoms with van der Waals surface area (Å²) in [6.07, 6.45) is 4.31. The number of carbonyl (C=O) groups excluding carboxylic acids is 3. The largest absolute Gasteiger partial charge is 0.469 e. The van der Waals surface area contributed by atoms with Gasteiger partial charge in [-0.1, -0.05) is 30.3 Å². The first-order valence-corrected chi connectivity index (χ1v) is 13.4. The van der Waals surface area contributed by atoms with Crippen LogP contribution < -0.4 is 10.2 Å². The summed E-state index contributed by atoms with van der Waals surface area (Å²) in [6.45, 7) is 6.05. The van der Waals surface area contributed by atoms with E-state index in [0.717, 1.165) is 12.0 Å². The Kier molecular flexibility index (Phi) is 9.30. The van der Waals surface area contributed by atoms with Gasteiger partial charge in [-0.05, 0) is 45.6 Å². The highest BCUT2D eigenvalue weighted by Gasteiger charge is 2.31. The van der Waals surface area contributed by atoms with E-state index in [1.165, 1.54) is 18.3 Å². The Morgan fingerprint density at radius 2 is 1.88 bits per heavy atom. The van der Waals surface area contributed by atoms with Gasteiger partial charge in [0.25, 0.3) is 0 Å². The standard InChI is InChI=1S/C28H36N6O6/c1-28(2,3)40-27(37)33(16-19-9-6-5-7-10-19)25-24-26(31-17-30-25)34(18-32-24)22-14-13-20(39-22)15-29-21(35)11-8-12-23(36)38-4/h5-7,9-10,17-18,20,22H,8,11-16H2,1-4H3,(H,29,35). The summed E-state index contributed by atoms with van der Waals surface area (Å²) < 4.78 is 18.3. The molecule has 0 aliphatic carbocycles. The number of anilines is 1. The molecule has 214 valence electrons. The van der Waals surface area contributed by atoms with E-state index in [-0.39, 0.29) is 43.6 Å². The van der Waals surface area contributed by atoms with Crippen LogP contribution in [0, 0.1) is 0 Å². The molecule has 40 heavy (non-hydrogen) atoms. The summed E-state index contributed by atoms with van der Waals surface area (Å²) in [6, 6.07) is 9.59. The van der Waals surface area contributed by atoms with Crippen molar-refractivity contribution < 1.29 is 28.6 Å². The molecule has 2 aromatic heterocycles. The van der Waals surface area contributed by atoms with Gasteiger partial charge < -0.3 is 19.5 Å². The van der Waals surface area contributed by atoms with Gasteiger partial charge in [-0.2, -0.15) is 0 Å². The second-order valence-electron chi connectivity index (χ2n) is 10.6. The van der Waals surface area contributed by atoms with Crippen LogP contribution >= 0.6 is 0 Å². The fourth-order valence-electron chi connectivity index (χ4n) is 4.41. The Labute approximate surface area is 233 Å². The molecule has 4 rings (SSSR count). The molecule has 12 heteroatoms.